The summed E-state index contributed by atoms with van der Waals surface area (Å²) in [5.41, 5.74) is 0.270. The molecule has 0 aliphatic heterocycles. The Morgan fingerprint density at radius 3 is 2.73 bits per heavy atom. The predicted molar refractivity (Wildman–Crippen MR) is 57.7 cm³/mol. The Labute approximate surface area is 92.3 Å². The van der Waals surface area contributed by atoms with E-state index in [1.165, 1.54) is 38.3 Å². The van der Waals surface area contributed by atoms with Gasteiger partial charge in [0, 0.05) is 5.56 Å². The van der Waals surface area contributed by atoms with Gasteiger partial charge in [-0.25, -0.2) is 4.39 Å². The van der Waals surface area contributed by atoms with Crippen LogP contribution in [0.3, 0.4) is 0 Å². The van der Waals surface area contributed by atoms with Crippen molar-refractivity contribution in [3.8, 4) is 5.75 Å². The molecule has 0 atom stereocenters. The molecule has 0 radical (unpaired) electrons. The van der Waals surface area contributed by atoms with Crippen molar-refractivity contribution in [2.75, 3.05) is 7.11 Å². The summed E-state index contributed by atoms with van der Waals surface area (Å²) in [6.07, 6.45) is 2.67. The molecular formula is C11H10ClFO2. The summed E-state index contributed by atoms with van der Waals surface area (Å²) in [4.78, 5) is 10.7. The third-order valence-corrected chi connectivity index (χ3v) is 2.08. The Kier molecular flexibility index (Phi) is 3.86. The minimum atomic E-state index is -0.567. The van der Waals surface area contributed by atoms with Crippen LogP contribution in [0.25, 0.3) is 6.08 Å². The first-order chi connectivity index (χ1) is 7.06. The van der Waals surface area contributed by atoms with E-state index in [1.54, 1.807) is 0 Å². The lowest BCUT2D eigenvalue weighted by atomic mass is 10.1. The van der Waals surface area contributed by atoms with E-state index in [0.717, 1.165) is 0 Å². The van der Waals surface area contributed by atoms with Crippen molar-refractivity contribution in [3.63, 3.8) is 0 Å². The number of carbonyl (C=O) groups is 1. The first-order valence-electron chi connectivity index (χ1n) is 4.27. The van der Waals surface area contributed by atoms with Crippen LogP contribution in [0.15, 0.2) is 18.2 Å². The summed E-state index contributed by atoms with van der Waals surface area (Å²) in [6, 6.07) is 3.00. The number of carbonyl (C=O) groups excluding carboxylic acids is 1. The largest absolute Gasteiger partial charge is 0.492 e. The summed E-state index contributed by atoms with van der Waals surface area (Å²) in [7, 11) is 1.34. The van der Waals surface area contributed by atoms with Gasteiger partial charge in [-0.05, 0) is 25.1 Å². The van der Waals surface area contributed by atoms with Gasteiger partial charge in [-0.2, -0.15) is 0 Å². The molecule has 0 unspecified atom stereocenters. The number of ether oxygens (including phenoxy) is 1. The zero-order chi connectivity index (χ0) is 11.4. The van der Waals surface area contributed by atoms with E-state index in [9.17, 15) is 9.18 Å². The Balaban J connectivity index is 3.16. The highest BCUT2D eigenvalue weighted by Gasteiger charge is 2.10. The summed E-state index contributed by atoms with van der Waals surface area (Å²) >= 11 is 5.71. The van der Waals surface area contributed by atoms with Gasteiger partial charge in [-0.1, -0.05) is 17.7 Å². The average molecular weight is 229 g/mol. The van der Waals surface area contributed by atoms with Crippen molar-refractivity contribution < 1.29 is 13.9 Å². The molecule has 1 aromatic carbocycles. The maximum Gasteiger partial charge on any atom is 0.173 e. The lowest BCUT2D eigenvalue weighted by Gasteiger charge is -2.06. The van der Waals surface area contributed by atoms with E-state index in [2.05, 4.69) is 0 Å². The topological polar surface area (TPSA) is 26.3 Å². The molecule has 0 aliphatic rings. The summed E-state index contributed by atoms with van der Waals surface area (Å²) in [6.45, 7) is 1.39. The number of halogens is 2. The minimum absolute atomic E-state index is 0.0117. The molecule has 0 amide bonds. The molecule has 0 fully saturated rings. The fourth-order valence-corrected chi connectivity index (χ4v) is 1.29. The molecule has 4 heteroatoms. The Morgan fingerprint density at radius 2 is 2.20 bits per heavy atom. The number of hydrogen-bond donors (Lipinski definition) is 0. The second kappa shape index (κ2) is 4.94. The van der Waals surface area contributed by atoms with Crippen molar-refractivity contribution in [3.05, 3.63) is 34.6 Å². The van der Waals surface area contributed by atoms with E-state index >= 15 is 0 Å². The van der Waals surface area contributed by atoms with Gasteiger partial charge in [-0.3, -0.25) is 4.79 Å². The monoisotopic (exact) mass is 228 g/mol. The normalized spacial score (nSPS) is 10.7. The number of hydrogen-bond acceptors (Lipinski definition) is 2. The smallest absolute Gasteiger partial charge is 0.173 e. The molecule has 15 heavy (non-hydrogen) atoms. The van der Waals surface area contributed by atoms with Crippen LogP contribution in [0.4, 0.5) is 4.39 Å². The van der Waals surface area contributed by atoms with Gasteiger partial charge >= 0.3 is 0 Å². The van der Waals surface area contributed by atoms with Gasteiger partial charge in [0.15, 0.2) is 17.3 Å². The van der Waals surface area contributed by atoms with Gasteiger partial charge in [0.25, 0.3) is 0 Å². The van der Waals surface area contributed by atoms with Crippen LogP contribution in [0.5, 0.6) is 5.75 Å². The zero-order valence-corrected chi connectivity index (χ0v) is 9.14. The molecule has 1 rings (SSSR count). The molecule has 0 N–H and O–H groups in total. The van der Waals surface area contributed by atoms with Crippen molar-refractivity contribution in [1.82, 2.24) is 0 Å². The van der Waals surface area contributed by atoms with Crippen LogP contribution >= 0.6 is 11.6 Å². The average Bonchev–Trinajstić information content (AvgIpc) is 2.17. The summed E-state index contributed by atoms with van der Waals surface area (Å²) < 4.78 is 18.4. The molecule has 0 saturated carbocycles. The van der Waals surface area contributed by atoms with Gasteiger partial charge in [0.05, 0.1) is 12.1 Å². The van der Waals surface area contributed by atoms with Crippen LogP contribution in [0.2, 0.25) is 5.02 Å². The highest BCUT2D eigenvalue weighted by atomic mass is 35.5. The molecule has 0 aliphatic carbocycles. The quantitative estimate of drug-likeness (QED) is 0.744. The van der Waals surface area contributed by atoms with E-state index in [4.69, 9.17) is 16.3 Å². The van der Waals surface area contributed by atoms with Gasteiger partial charge in [-0.15, -0.1) is 0 Å². The van der Waals surface area contributed by atoms with Crippen molar-refractivity contribution >= 4 is 23.5 Å². The fraction of sp³-hybridized carbons (Fsp3) is 0.182. The van der Waals surface area contributed by atoms with Crippen LogP contribution in [-0.2, 0) is 4.79 Å². The van der Waals surface area contributed by atoms with Crippen LogP contribution in [-0.4, -0.2) is 12.9 Å². The number of methoxy groups -OCH3 is 1. The molecule has 0 spiro atoms. The summed E-state index contributed by atoms with van der Waals surface area (Å²) in [5.74, 6) is -0.729. The SMILES string of the molecule is COc1c(Cl)ccc(C=CC(C)=O)c1F. The van der Waals surface area contributed by atoms with Crippen molar-refractivity contribution in [1.29, 1.82) is 0 Å². The Hall–Kier alpha value is -1.35. The van der Waals surface area contributed by atoms with E-state index < -0.39 is 5.82 Å². The molecule has 1 aromatic rings. The Bertz CT molecular complexity index is 413. The Morgan fingerprint density at radius 1 is 1.53 bits per heavy atom. The predicted octanol–water partition coefficient (Wildman–Crippen LogP) is 3.09. The van der Waals surface area contributed by atoms with Crippen LogP contribution in [0.1, 0.15) is 12.5 Å². The van der Waals surface area contributed by atoms with E-state index in [0.29, 0.717) is 0 Å². The minimum Gasteiger partial charge on any atom is -0.492 e. The van der Waals surface area contributed by atoms with Gasteiger partial charge < -0.3 is 4.74 Å². The zero-order valence-electron chi connectivity index (χ0n) is 8.38. The van der Waals surface area contributed by atoms with E-state index in [-0.39, 0.29) is 22.1 Å². The van der Waals surface area contributed by atoms with Crippen LogP contribution < -0.4 is 4.74 Å². The second-order valence-corrected chi connectivity index (χ2v) is 3.34. The molecular weight excluding hydrogens is 219 g/mol. The first kappa shape index (κ1) is 11.7. The van der Waals surface area contributed by atoms with Crippen LogP contribution in [0, 0.1) is 5.82 Å². The lowest BCUT2D eigenvalue weighted by Crippen LogP contribution is -1.92. The van der Waals surface area contributed by atoms with E-state index in [1.807, 2.05) is 0 Å². The lowest BCUT2D eigenvalue weighted by molar-refractivity contribution is -0.112. The number of ketones is 1. The molecule has 0 aromatic heterocycles. The molecule has 80 valence electrons. The first-order valence-corrected chi connectivity index (χ1v) is 4.64. The molecule has 0 heterocycles. The second-order valence-electron chi connectivity index (χ2n) is 2.93. The molecule has 0 bridgehead atoms. The highest BCUT2D eigenvalue weighted by Crippen LogP contribution is 2.30. The molecule has 2 nitrogen and oxygen atoms in total. The third-order valence-electron chi connectivity index (χ3n) is 1.78. The number of benzene rings is 1. The van der Waals surface area contributed by atoms with Crippen molar-refractivity contribution in [2.45, 2.75) is 6.92 Å². The van der Waals surface area contributed by atoms with Gasteiger partial charge in [0.2, 0.25) is 0 Å². The van der Waals surface area contributed by atoms with Gasteiger partial charge in [0.1, 0.15) is 0 Å². The maximum atomic E-state index is 13.6. The molecule has 0 saturated heterocycles. The number of rotatable bonds is 3. The highest BCUT2D eigenvalue weighted by molar-refractivity contribution is 6.32. The number of allylic oxidation sites excluding steroid dienone is 1. The third kappa shape index (κ3) is 2.80. The fourth-order valence-electron chi connectivity index (χ4n) is 1.07. The van der Waals surface area contributed by atoms with Crippen molar-refractivity contribution in [2.24, 2.45) is 0 Å². The maximum absolute atomic E-state index is 13.6. The summed E-state index contributed by atoms with van der Waals surface area (Å²) in [5, 5.41) is 0.204. The standard InChI is InChI=1S/C11H10ClFO2/c1-7(14)3-4-8-5-6-9(12)11(15-2)10(8)13/h3-6H,1-2H3.